The minimum atomic E-state index is 0.744. The second-order valence-electron chi connectivity index (χ2n) is 4.45. The molecule has 94 valence electrons. The average molecular weight is 250 g/mol. The molecule has 0 amide bonds. The Morgan fingerprint density at radius 1 is 0.947 bits per heavy atom. The SMILES string of the molecule is Cc1ncc(C)c(Nc2nccc3ccccc23)n1. The molecule has 3 rings (SSSR count). The van der Waals surface area contributed by atoms with E-state index in [2.05, 4.69) is 26.3 Å². The van der Waals surface area contributed by atoms with Gasteiger partial charge in [0.2, 0.25) is 0 Å². The van der Waals surface area contributed by atoms with Crippen LogP contribution in [0.25, 0.3) is 10.8 Å². The lowest BCUT2D eigenvalue weighted by molar-refractivity contribution is 1.03. The predicted octanol–water partition coefficient (Wildman–Crippen LogP) is 3.39. The van der Waals surface area contributed by atoms with Gasteiger partial charge in [0.15, 0.2) is 0 Å². The van der Waals surface area contributed by atoms with Crippen molar-refractivity contribution >= 4 is 22.4 Å². The van der Waals surface area contributed by atoms with Gasteiger partial charge in [-0.25, -0.2) is 15.0 Å². The average Bonchev–Trinajstić information content (AvgIpc) is 2.43. The van der Waals surface area contributed by atoms with E-state index >= 15 is 0 Å². The summed E-state index contributed by atoms with van der Waals surface area (Å²) in [7, 11) is 0. The van der Waals surface area contributed by atoms with Crippen LogP contribution in [0.5, 0.6) is 0 Å². The molecule has 0 aliphatic heterocycles. The fourth-order valence-corrected chi connectivity index (χ4v) is 1.99. The number of hydrogen-bond acceptors (Lipinski definition) is 4. The molecule has 0 unspecified atom stereocenters. The van der Waals surface area contributed by atoms with Gasteiger partial charge in [0.1, 0.15) is 17.5 Å². The number of pyridine rings is 1. The van der Waals surface area contributed by atoms with Gasteiger partial charge >= 0.3 is 0 Å². The molecule has 2 aromatic heterocycles. The summed E-state index contributed by atoms with van der Waals surface area (Å²) >= 11 is 0. The van der Waals surface area contributed by atoms with Crippen LogP contribution in [-0.2, 0) is 0 Å². The molecular weight excluding hydrogens is 236 g/mol. The zero-order valence-electron chi connectivity index (χ0n) is 10.9. The Labute approximate surface area is 111 Å². The zero-order chi connectivity index (χ0) is 13.2. The summed E-state index contributed by atoms with van der Waals surface area (Å²) in [6.07, 6.45) is 3.61. The molecule has 2 heterocycles. The van der Waals surface area contributed by atoms with E-state index < -0.39 is 0 Å². The van der Waals surface area contributed by atoms with Crippen LogP contribution in [0.4, 0.5) is 11.6 Å². The topological polar surface area (TPSA) is 50.7 Å². The molecule has 0 fully saturated rings. The van der Waals surface area contributed by atoms with E-state index in [9.17, 15) is 0 Å². The summed E-state index contributed by atoms with van der Waals surface area (Å²) in [5.74, 6) is 2.36. The van der Waals surface area contributed by atoms with E-state index in [0.717, 1.165) is 33.8 Å². The van der Waals surface area contributed by atoms with Gasteiger partial charge in [-0.15, -0.1) is 0 Å². The van der Waals surface area contributed by atoms with E-state index in [1.807, 2.05) is 44.3 Å². The standard InChI is InChI=1S/C15H14N4/c1-10-9-17-11(2)18-14(10)19-15-13-6-4-3-5-12(13)7-8-16-15/h3-9H,1-2H3,(H,16,17,18,19). The Bertz CT molecular complexity index is 732. The van der Waals surface area contributed by atoms with Crippen molar-refractivity contribution in [2.45, 2.75) is 13.8 Å². The van der Waals surface area contributed by atoms with E-state index in [4.69, 9.17) is 0 Å². The van der Waals surface area contributed by atoms with Gasteiger partial charge in [0.25, 0.3) is 0 Å². The van der Waals surface area contributed by atoms with Crippen LogP contribution in [0.2, 0.25) is 0 Å². The second kappa shape index (κ2) is 4.65. The first kappa shape index (κ1) is 11.6. The van der Waals surface area contributed by atoms with Gasteiger partial charge in [0, 0.05) is 23.3 Å². The highest BCUT2D eigenvalue weighted by atomic mass is 15.1. The van der Waals surface area contributed by atoms with Crippen LogP contribution in [0, 0.1) is 13.8 Å². The molecule has 0 aliphatic carbocycles. The minimum Gasteiger partial charge on any atom is -0.324 e. The maximum atomic E-state index is 4.41. The molecule has 19 heavy (non-hydrogen) atoms. The van der Waals surface area contributed by atoms with Crippen molar-refractivity contribution in [2.75, 3.05) is 5.32 Å². The van der Waals surface area contributed by atoms with E-state index in [1.165, 1.54) is 0 Å². The van der Waals surface area contributed by atoms with Crippen molar-refractivity contribution < 1.29 is 0 Å². The Hall–Kier alpha value is -2.49. The number of nitrogens with one attached hydrogen (secondary N) is 1. The summed E-state index contributed by atoms with van der Waals surface area (Å²) in [5, 5.41) is 5.53. The number of fused-ring (bicyclic) bond motifs is 1. The van der Waals surface area contributed by atoms with Crippen LogP contribution >= 0.6 is 0 Å². The van der Waals surface area contributed by atoms with Gasteiger partial charge in [0.05, 0.1) is 0 Å². The van der Waals surface area contributed by atoms with Crippen molar-refractivity contribution in [2.24, 2.45) is 0 Å². The van der Waals surface area contributed by atoms with Crippen LogP contribution < -0.4 is 5.32 Å². The molecule has 0 saturated heterocycles. The third-order valence-corrected chi connectivity index (χ3v) is 3.00. The number of nitrogens with zero attached hydrogens (tertiary/aromatic N) is 3. The van der Waals surface area contributed by atoms with Gasteiger partial charge in [-0.1, -0.05) is 24.3 Å². The highest BCUT2D eigenvalue weighted by molar-refractivity contribution is 5.92. The summed E-state index contributed by atoms with van der Waals surface area (Å²) in [6.45, 7) is 3.86. The molecule has 0 radical (unpaired) electrons. The molecule has 1 N–H and O–H groups in total. The first-order valence-corrected chi connectivity index (χ1v) is 6.15. The molecule has 0 bridgehead atoms. The lowest BCUT2D eigenvalue weighted by Gasteiger charge is -2.10. The second-order valence-corrected chi connectivity index (χ2v) is 4.45. The van der Waals surface area contributed by atoms with Crippen molar-refractivity contribution in [1.29, 1.82) is 0 Å². The van der Waals surface area contributed by atoms with Crippen molar-refractivity contribution in [3.05, 3.63) is 54.1 Å². The first-order valence-electron chi connectivity index (χ1n) is 6.15. The fourth-order valence-electron chi connectivity index (χ4n) is 1.99. The number of aromatic nitrogens is 3. The van der Waals surface area contributed by atoms with Crippen molar-refractivity contribution in [3.63, 3.8) is 0 Å². The number of aryl methyl sites for hydroxylation is 2. The quantitative estimate of drug-likeness (QED) is 0.757. The van der Waals surface area contributed by atoms with Gasteiger partial charge < -0.3 is 5.32 Å². The summed E-state index contributed by atoms with van der Waals surface area (Å²) in [6, 6.07) is 10.1. The molecule has 0 aliphatic rings. The fraction of sp³-hybridized carbons (Fsp3) is 0.133. The van der Waals surface area contributed by atoms with Crippen molar-refractivity contribution in [3.8, 4) is 0 Å². The van der Waals surface area contributed by atoms with Crippen molar-refractivity contribution in [1.82, 2.24) is 15.0 Å². The highest BCUT2D eigenvalue weighted by Gasteiger charge is 2.06. The number of rotatable bonds is 2. The van der Waals surface area contributed by atoms with Gasteiger partial charge in [-0.2, -0.15) is 0 Å². The molecule has 3 aromatic rings. The van der Waals surface area contributed by atoms with Crippen LogP contribution in [0.3, 0.4) is 0 Å². The Morgan fingerprint density at radius 3 is 2.68 bits per heavy atom. The Morgan fingerprint density at radius 2 is 1.79 bits per heavy atom. The largest absolute Gasteiger partial charge is 0.324 e. The summed E-state index contributed by atoms with van der Waals surface area (Å²) < 4.78 is 0. The maximum absolute atomic E-state index is 4.41. The predicted molar refractivity (Wildman–Crippen MR) is 76.5 cm³/mol. The van der Waals surface area contributed by atoms with Crippen LogP contribution in [-0.4, -0.2) is 15.0 Å². The Balaban J connectivity index is 2.08. The highest BCUT2D eigenvalue weighted by Crippen LogP contribution is 2.24. The molecule has 0 atom stereocenters. The summed E-state index contributed by atoms with van der Waals surface area (Å²) in [4.78, 5) is 13.0. The van der Waals surface area contributed by atoms with E-state index in [0.29, 0.717) is 0 Å². The third-order valence-electron chi connectivity index (χ3n) is 3.00. The first-order chi connectivity index (χ1) is 9.24. The number of benzene rings is 1. The van der Waals surface area contributed by atoms with E-state index in [-0.39, 0.29) is 0 Å². The normalized spacial score (nSPS) is 10.6. The minimum absolute atomic E-state index is 0.744. The van der Waals surface area contributed by atoms with E-state index in [1.54, 1.807) is 6.20 Å². The van der Waals surface area contributed by atoms with Gasteiger partial charge in [-0.05, 0) is 25.3 Å². The van der Waals surface area contributed by atoms with Gasteiger partial charge in [-0.3, -0.25) is 0 Å². The van der Waals surface area contributed by atoms with Crippen LogP contribution in [0.1, 0.15) is 11.4 Å². The smallest absolute Gasteiger partial charge is 0.139 e. The monoisotopic (exact) mass is 250 g/mol. The molecule has 0 spiro atoms. The molecule has 1 aromatic carbocycles. The zero-order valence-corrected chi connectivity index (χ0v) is 10.9. The molecule has 4 heteroatoms. The molecular formula is C15H14N4. The lowest BCUT2D eigenvalue weighted by atomic mass is 10.1. The molecule has 0 saturated carbocycles. The molecule has 4 nitrogen and oxygen atoms in total. The maximum Gasteiger partial charge on any atom is 0.139 e. The van der Waals surface area contributed by atoms with Crippen LogP contribution in [0.15, 0.2) is 42.7 Å². The lowest BCUT2D eigenvalue weighted by Crippen LogP contribution is -2.01. The third kappa shape index (κ3) is 2.25. The number of anilines is 2. The Kier molecular flexibility index (Phi) is 2.83. The summed E-state index contributed by atoms with van der Waals surface area (Å²) in [5.41, 5.74) is 1.00. The number of hydrogen-bond donors (Lipinski definition) is 1.